The topological polar surface area (TPSA) is 149 Å². The molecule has 0 aliphatic carbocycles. The van der Waals surface area contributed by atoms with Gasteiger partial charge in [-0.3, -0.25) is 18.6 Å². The molecule has 3 N–H and O–H groups in total. The fourth-order valence-electron chi connectivity index (χ4n) is 6.01. The van der Waals surface area contributed by atoms with Crippen LogP contribution < -0.4 is 0 Å². The molecule has 0 aliphatic heterocycles. The van der Waals surface area contributed by atoms with Gasteiger partial charge in [-0.15, -0.1) is 0 Å². The average molecular weight is 801 g/mol. The van der Waals surface area contributed by atoms with Crippen molar-refractivity contribution in [3.63, 3.8) is 0 Å². The van der Waals surface area contributed by atoms with Crippen molar-refractivity contribution in [2.24, 2.45) is 0 Å². The van der Waals surface area contributed by atoms with Gasteiger partial charge in [0.05, 0.1) is 26.4 Å². The Bertz CT molecular complexity index is 1010. The van der Waals surface area contributed by atoms with E-state index in [1.807, 2.05) is 0 Å². The summed E-state index contributed by atoms with van der Waals surface area (Å²) in [6.45, 7) is 2.09. The van der Waals surface area contributed by atoms with E-state index in [1.165, 1.54) is 83.5 Å². The Balaban J connectivity index is 3.92. The van der Waals surface area contributed by atoms with Crippen LogP contribution in [0.25, 0.3) is 0 Å². The normalized spacial score (nSPS) is 14.2. The summed E-state index contributed by atoms with van der Waals surface area (Å²) < 4.78 is 32.6. The summed E-state index contributed by atoms with van der Waals surface area (Å²) in [4.78, 5) is 34.5. The molecule has 55 heavy (non-hydrogen) atoms. The number of allylic oxidation sites excluding steroid dienone is 6. The maximum Gasteiger partial charge on any atom is 0.472 e. The number of carbonyl (C=O) groups is 2. The minimum absolute atomic E-state index is 0.173. The molecule has 0 aromatic rings. The van der Waals surface area contributed by atoms with Gasteiger partial charge in [0, 0.05) is 12.8 Å². The van der Waals surface area contributed by atoms with Crippen LogP contribution in [0.4, 0.5) is 0 Å². The van der Waals surface area contributed by atoms with Crippen molar-refractivity contribution < 1.29 is 47.8 Å². The number of aliphatic hydroxyl groups excluding tert-OH is 2. The third-order valence-corrected chi connectivity index (χ3v) is 10.3. The number of phosphoric acid groups is 1. The molecular formula is C44H81O10P. The quantitative estimate of drug-likeness (QED) is 0.0236. The Hall–Kier alpha value is -1.81. The van der Waals surface area contributed by atoms with Gasteiger partial charge in [0.15, 0.2) is 0 Å². The average Bonchev–Trinajstić information content (AvgIpc) is 3.17. The highest BCUT2D eigenvalue weighted by Gasteiger charge is 2.27. The van der Waals surface area contributed by atoms with E-state index in [4.69, 9.17) is 18.5 Å². The van der Waals surface area contributed by atoms with Crippen molar-refractivity contribution in [2.75, 3.05) is 26.4 Å². The monoisotopic (exact) mass is 801 g/mol. The van der Waals surface area contributed by atoms with E-state index < -0.39 is 58.4 Å². The Kier molecular flexibility index (Phi) is 39.1. The molecule has 0 fully saturated rings. The molecule has 10 nitrogen and oxygen atoms in total. The molecule has 0 aromatic carbocycles. The number of carbonyl (C=O) groups excluding carboxylic acids is 2. The highest BCUT2D eigenvalue weighted by molar-refractivity contribution is 7.47. The first kappa shape index (κ1) is 53.2. The van der Waals surface area contributed by atoms with Gasteiger partial charge in [-0.25, -0.2) is 4.57 Å². The summed E-state index contributed by atoms with van der Waals surface area (Å²) >= 11 is 0. The van der Waals surface area contributed by atoms with E-state index in [-0.39, 0.29) is 12.8 Å². The zero-order valence-corrected chi connectivity index (χ0v) is 35.8. The van der Waals surface area contributed by atoms with Gasteiger partial charge in [0.25, 0.3) is 0 Å². The van der Waals surface area contributed by atoms with Crippen LogP contribution in [-0.4, -0.2) is 65.7 Å². The van der Waals surface area contributed by atoms with Gasteiger partial charge >= 0.3 is 19.8 Å². The lowest BCUT2D eigenvalue weighted by Gasteiger charge is -2.20. The molecule has 11 heteroatoms. The predicted molar refractivity (Wildman–Crippen MR) is 224 cm³/mol. The molecule has 0 radical (unpaired) electrons. The molecule has 0 rings (SSSR count). The van der Waals surface area contributed by atoms with Crippen molar-refractivity contribution in [1.29, 1.82) is 0 Å². The van der Waals surface area contributed by atoms with Crippen LogP contribution in [0, 0.1) is 0 Å². The van der Waals surface area contributed by atoms with Gasteiger partial charge in [-0.1, -0.05) is 172 Å². The number of hydrogen-bond donors (Lipinski definition) is 3. The molecule has 0 spiro atoms. The number of phosphoric ester groups is 1. The molecular weight excluding hydrogens is 719 g/mol. The standard InChI is InChI=1S/C44H81O10P/c1-3-5-7-9-11-13-15-17-19-20-22-24-26-28-30-32-34-36-44(48)54-42(38-46)40-52-55(49,50)51-39-41(37-45)53-43(47)35-33-31-29-27-25-23-21-18-16-14-12-10-8-6-4-2/h6,8,12,14,18,21,41-42,45-46H,3-5,7,9-11,13,15-17,19-20,22-40H2,1-2H3,(H,49,50)/b8-6-,14-12-,21-18-. The molecule has 0 aromatic heterocycles. The van der Waals surface area contributed by atoms with Gasteiger partial charge in [-0.2, -0.15) is 0 Å². The molecule has 0 aliphatic rings. The van der Waals surface area contributed by atoms with Crippen molar-refractivity contribution in [3.05, 3.63) is 36.5 Å². The Morgan fingerprint density at radius 3 is 1.24 bits per heavy atom. The second-order valence-electron chi connectivity index (χ2n) is 14.7. The number of rotatable bonds is 41. The van der Waals surface area contributed by atoms with Crippen LogP contribution in [0.3, 0.4) is 0 Å². The molecule has 0 amide bonds. The summed E-state index contributed by atoms with van der Waals surface area (Å²) in [6, 6.07) is 0. The number of hydrogen-bond acceptors (Lipinski definition) is 9. The van der Waals surface area contributed by atoms with E-state index in [9.17, 15) is 29.3 Å². The summed E-state index contributed by atoms with van der Waals surface area (Å²) in [5.41, 5.74) is 0. The van der Waals surface area contributed by atoms with E-state index in [2.05, 4.69) is 50.3 Å². The molecule has 322 valence electrons. The minimum Gasteiger partial charge on any atom is -0.457 e. The van der Waals surface area contributed by atoms with Crippen molar-refractivity contribution >= 4 is 19.8 Å². The Labute approximate surface area is 335 Å². The van der Waals surface area contributed by atoms with Crippen molar-refractivity contribution in [3.8, 4) is 0 Å². The van der Waals surface area contributed by atoms with E-state index in [0.29, 0.717) is 12.8 Å². The first-order valence-electron chi connectivity index (χ1n) is 21.9. The largest absolute Gasteiger partial charge is 0.472 e. The van der Waals surface area contributed by atoms with Crippen LogP contribution in [0.15, 0.2) is 36.5 Å². The third-order valence-electron chi connectivity index (χ3n) is 9.37. The number of esters is 2. The summed E-state index contributed by atoms with van der Waals surface area (Å²) in [6.07, 6.45) is 41.2. The Morgan fingerprint density at radius 1 is 0.509 bits per heavy atom. The summed E-state index contributed by atoms with van der Waals surface area (Å²) in [5.74, 6) is -1.03. The van der Waals surface area contributed by atoms with Crippen molar-refractivity contribution in [2.45, 2.75) is 206 Å². The first-order chi connectivity index (χ1) is 26.8. The van der Waals surface area contributed by atoms with E-state index in [1.54, 1.807) is 0 Å². The van der Waals surface area contributed by atoms with Gasteiger partial charge < -0.3 is 24.6 Å². The maximum absolute atomic E-state index is 12.4. The van der Waals surface area contributed by atoms with Crippen LogP contribution >= 0.6 is 7.82 Å². The second-order valence-corrected chi connectivity index (χ2v) is 16.1. The fraction of sp³-hybridized carbons (Fsp3) is 0.818. The lowest BCUT2D eigenvalue weighted by atomic mass is 10.0. The molecule has 0 saturated carbocycles. The van der Waals surface area contributed by atoms with Crippen LogP contribution in [0.5, 0.6) is 0 Å². The molecule has 3 unspecified atom stereocenters. The third kappa shape index (κ3) is 38.8. The number of aliphatic hydroxyl groups is 2. The fourth-order valence-corrected chi connectivity index (χ4v) is 6.80. The van der Waals surface area contributed by atoms with Crippen molar-refractivity contribution in [1.82, 2.24) is 0 Å². The number of ether oxygens (including phenoxy) is 2. The highest BCUT2D eigenvalue weighted by Crippen LogP contribution is 2.43. The van der Waals surface area contributed by atoms with E-state index >= 15 is 0 Å². The van der Waals surface area contributed by atoms with E-state index in [0.717, 1.165) is 70.6 Å². The Morgan fingerprint density at radius 2 is 0.855 bits per heavy atom. The SMILES string of the molecule is CC/C=C\C/C=C\C/C=C\CCCCCCCC(=O)OC(CO)COP(=O)(O)OCC(CO)OC(=O)CCCCCCCCCCCCCCCCCCC. The van der Waals surface area contributed by atoms with Gasteiger partial charge in [0.2, 0.25) is 0 Å². The smallest absolute Gasteiger partial charge is 0.457 e. The van der Waals surface area contributed by atoms with Crippen LogP contribution in [-0.2, 0) is 32.7 Å². The zero-order valence-electron chi connectivity index (χ0n) is 34.9. The lowest BCUT2D eigenvalue weighted by molar-refractivity contribution is -0.153. The molecule has 0 saturated heterocycles. The molecule has 3 atom stereocenters. The summed E-state index contributed by atoms with van der Waals surface area (Å²) in [7, 11) is -4.64. The minimum atomic E-state index is -4.64. The molecule has 0 bridgehead atoms. The second kappa shape index (κ2) is 40.4. The predicted octanol–water partition coefficient (Wildman–Crippen LogP) is 11.6. The summed E-state index contributed by atoms with van der Waals surface area (Å²) in [5, 5.41) is 19.2. The highest BCUT2D eigenvalue weighted by atomic mass is 31.2. The van der Waals surface area contributed by atoms with Crippen LogP contribution in [0.1, 0.15) is 194 Å². The lowest BCUT2D eigenvalue weighted by Crippen LogP contribution is -2.28. The number of unbranched alkanes of at least 4 members (excludes halogenated alkanes) is 21. The zero-order chi connectivity index (χ0) is 40.5. The molecule has 0 heterocycles. The maximum atomic E-state index is 12.4. The van der Waals surface area contributed by atoms with Crippen LogP contribution in [0.2, 0.25) is 0 Å². The van der Waals surface area contributed by atoms with Gasteiger partial charge in [-0.05, 0) is 44.9 Å². The first-order valence-corrected chi connectivity index (χ1v) is 23.4. The van der Waals surface area contributed by atoms with Gasteiger partial charge in [0.1, 0.15) is 12.2 Å².